The van der Waals surface area contributed by atoms with Crippen molar-refractivity contribution in [2.75, 3.05) is 19.7 Å². The smallest absolute Gasteiger partial charge is 0.252 e. The standard InChI is InChI=1S/C19H25N3O3S/c1-12-16(13(2)25-21-12)9-22-6-5-15-17(11-26-18(15)10-22)19(23)20-8-14-4-3-7-24-14/h11,14H,3-10H2,1-2H3,(H,20,23)/t14-/m1/s1. The lowest BCUT2D eigenvalue weighted by Gasteiger charge is -2.27. The Morgan fingerprint density at radius 1 is 1.46 bits per heavy atom. The number of carbonyl (C=O) groups excluding carboxylic acids is 1. The van der Waals surface area contributed by atoms with Crippen molar-refractivity contribution in [3.63, 3.8) is 0 Å². The molecule has 2 aromatic rings. The van der Waals surface area contributed by atoms with E-state index in [2.05, 4.69) is 15.4 Å². The van der Waals surface area contributed by atoms with Crippen molar-refractivity contribution in [2.24, 2.45) is 0 Å². The molecule has 140 valence electrons. The first-order valence-electron chi connectivity index (χ1n) is 9.25. The first kappa shape index (κ1) is 17.7. The summed E-state index contributed by atoms with van der Waals surface area (Å²) in [6.45, 7) is 8.05. The number of fused-ring (bicyclic) bond motifs is 1. The predicted octanol–water partition coefficient (Wildman–Crippen LogP) is 2.82. The molecule has 2 aliphatic rings. The molecule has 0 aromatic carbocycles. The molecule has 0 radical (unpaired) electrons. The molecule has 4 rings (SSSR count). The summed E-state index contributed by atoms with van der Waals surface area (Å²) in [5, 5.41) is 9.10. The quantitative estimate of drug-likeness (QED) is 0.870. The third-order valence-corrected chi connectivity index (χ3v) is 6.36. The van der Waals surface area contributed by atoms with Crippen molar-refractivity contribution < 1.29 is 14.1 Å². The van der Waals surface area contributed by atoms with Crippen LogP contribution in [0.5, 0.6) is 0 Å². The normalized spacial score (nSPS) is 20.3. The van der Waals surface area contributed by atoms with Crippen LogP contribution < -0.4 is 5.32 Å². The first-order chi connectivity index (χ1) is 12.6. The lowest BCUT2D eigenvalue weighted by molar-refractivity contribution is 0.0856. The van der Waals surface area contributed by atoms with Crippen LogP contribution in [0.25, 0.3) is 0 Å². The second-order valence-electron chi connectivity index (χ2n) is 7.16. The Bertz CT molecular complexity index is 773. The Morgan fingerprint density at radius 2 is 2.35 bits per heavy atom. The van der Waals surface area contributed by atoms with Gasteiger partial charge >= 0.3 is 0 Å². The van der Waals surface area contributed by atoms with Gasteiger partial charge in [0.05, 0.1) is 17.4 Å². The van der Waals surface area contributed by atoms with Gasteiger partial charge in [-0.15, -0.1) is 11.3 Å². The zero-order chi connectivity index (χ0) is 18.1. The minimum Gasteiger partial charge on any atom is -0.376 e. The molecule has 2 aliphatic heterocycles. The van der Waals surface area contributed by atoms with Crippen LogP contribution in [-0.4, -0.2) is 41.8 Å². The van der Waals surface area contributed by atoms with Crippen molar-refractivity contribution >= 4 is 17.2 Å². The lowest BCUT2D eigenvalue weighted by Crippen LogP contribution is -2.34. The molecule has 7 heteroatoms. The number of aromatic nitrogens is 1. The van der Waals surface area contributed by atoms with Crippen molar-refractivity contribution in [1.82, 2.24) is 15.4 Å². The van der Waals surface area contributed by atoms with E-state index in [1.54, 1.807) is 11.3 Å². The van der Waals surface area contributed by atoms with Gasteiger partial charge in [-0.2, -0.15) is 0 Å². The minimum absolute atomic E-state index is 0.0390. The highest BCUT2D eigenvalue weighted by Gasteiger charge is 2.25. The van der Waals surface area contributed by atoms with E-state index in [0.717, 1.165) is 62.5 Å². The number of nitrogens with zero attached hydrogens (tertiary/aromatic N) is 2. The summed E-state index contributed by atoms with van der Waals surface area (Å²) >= 11 is 1.69. The van der Waals surface area contributed by atoms with Gasteiger partial charge < -0.3 is 14.6 Å². The zero-order valence-electron chi connectivity index (χ0n) is 15.3. The molecular weight excluding hydrogens is 350 g/mol. The average molecular weight is 375 g/mol. The fourth-order valence-electron chi connectivity index (χ4n) is 3.77. The van der Waals surface area contributed by atoms with Gasteiger partial charge in [0, 0.05) is 48.6 Å². The number of hydrogen-bond donors (Lipinski definition) is 1. The fraction of sp³-hybridized carbons (Fsp3) is 0.579. The molecule has 4 heterocycles. The number of hydrogen-bond acceptors (Lipinski definition) is 6. The van der Waals surface area contributed by atoms with E-state index >= 15 is 0 Å². The van der Waals surface area contributed by atoms with Crippen LogP contribution in [0.1, 0.15) is 50.7 Å². The van der Waals surface area contributed by atoms with E-state index in [0.29, 0.717) is 6.54 Å². The molecule has 0 saturated carbocycles. The van der Waals surface area contributed by atoms with Crippen LogP contribution in [0.2, 0.25) is 0 Å². The Labute approximate surface area is 157 Å². The SMILES string of the molecule is Cc1noc(C)c1CN1CCc2c(C(=O)NC[C@H]3CCCO3)csc2C1. The van der Waals surface area contributed by atoms with Gasteiger partial charge in [-0.3, -0.25) is 9.69 Å². The summed E-state index contributed by atoms with van der Waals surface area (Å²) in [5.41, 5.74) is 4.21. The first-order valence-corrected chi connectivity index (χ1v) is 10.1. The fourth-order valence-corrected chi connectivity index (χ4v) is 4.89. The molecule has 1 amide bonds. The van der Waals surface area contributed by atoms with Crippen molar-refractivity contribution in [3.8, 4) is 0 Å². The second-order valence-corrected chi connectivity index (χ2v) is 8.12. The van der Waals surface area contributed by atoms with Crippen LogP contribution in [0, 0.1) is 13.8 Å². The van der Waals surface area contributed by atoms with Crippen molar-refractivity contribution in [3.05, 3.63) is 38.4 Å². The van der Waals surface area contributed by atoms with Crippen molar-refractivity contribution in [2.45, 2.75) is 52.3 Å². The Balaban J connectivity index is 1.39. The number of rotatable bonds is 5. The third kappa shape index (κ3) is 3.56. The van der Waals surface area contributed by atoms with Gasteiger partial charge in [0.15, 0.2) is 0 Å². The molecule has 1 N–H and O–H groups in total. The highest BCUT2D eigenvalue weighted by atomic mass is 32.1. The van der Waals surface area contributed by atoms with E-state index < -0.39 is 0 Å². The van der Waals surface area contributed by atoms with E-state index in [4.69, 9.17) is 9.26 Å². The Hall–Kier alpha value is -1.70. The van der Waals surface area contributed by atoms with E-state index in [1.165, 1.54) is 16.0 Å². The van der Waals surface area contributed by atoms with Gasteiger partial charge in [0.25, 0.3) is 5.91 Å². The number of carbonyl (C=O) groups is 1. The zero-order valence-corrected chi connectivity index (χ0v) is 16.2. The largest absolute Gasteiger partial charge is 0.376 e. The highest BCUT2D eigenvalue weighted by Crippen LogP contribution is 2.30. The molecule has 1 saturated heterocycles. The molecule has 1 atom stereocenters. The molecule has 0 aliphatic carbocycles. The van der Waals surface area contributed by atoms with Crippen molar-refractivity contribution in [1.29, 1.82) is 0 Å². The van der Waals surface area contributed by atoms with Crippen LogP contribution >= 0.6 is 11.3 Å². The molecule has 2 aromatic heterocycles. The molecule has 6 nitrogen and oxygen atoms in total. The van der Waals surface area contributed by atoms with Gasteiger partial charge in [0.1, 0.15) is 5.76 Å². The molecule has 0 bridgehead atoms. The average Bonchev–Trinajstić information content (AvgIpc) is 3.36. The van der Waals surface area contributed by atoms with Crippen LogP contribution in [0.15, 0.2) is 9.90 Å². The predicted molar refractivity (Wildman–Crippen MR) is 99.4 cm³/mol. The number of nitrogens with one attached hydrogen (secondary N) is 1. The summed E-state index contributed by atoms with van der Waals surface area (Å²) in [5.74, 6) is 0.936. The Morgan fingerprint density at radius 3 is 3.08 bits per heavy atom. The number of amides is 1. The number of ether oxygens (including phenoxy) is 1. The van der Waals surface area contributed by atoms with Crippen LogP contribution in [0.4, 0.5) is 0 Å². The monoisotopic (exact) mass is 375 g/mol. The maximum Gasteiger partial charge on any atom is 0.252 e. The van der Waals surface area contributed by atoms with E-state index in [9.17, 15) is 4.79 Å². The van der Waals surface area contributed by atoms with Gasteiger partial charge in [-0.05, 0) is 38.7 Å². The summed E-state index contributed by atoms with van der Waals surface area (Å²) < 4.78 is 10.9. The minimum atomic E-state index is 0.0390. The molecule has 0 spiro atoms. The summed E-state index contributed by atoms with van der Waals surface area (Å²) in [7, 11) is 0. The summed E-state index contributed by atoms with van der Waals surface area (Å²) in [4.78, 5) is 16.3. The number of aryl methyl sites for hydroxylation is 2. The molecule has 26 heavy (non-hydrogen) atoms. The maximum atomic E-state index is 12.6. The second kappa shape index (κ2) is 7.50. The summed E-state index contributed by atoms with van der Waals surface area (Å²) in [6.07, 6.45) is 3.22. The van der Waals surface area contributed by atoms with Crippen LogP contribution in [0.3, 0.4) is 0 Å². The molecule has 0 unspecified atom stereocenters. The third-order valence-electron chi connectivity index (χ3n) is 5.35. The Kier molecular flexibility index (Phi) is 5.11. The number of thiophene rings is 1. The maximum absolute atomic E-state index is 12.6. The van der Waals surface area contributed by atoms with Gasteiger partial charge in [-0.1, -0.05) is 5.16 Å². The van der Waals surface area contributed by atoms with Gasteiger partial charge in [0.2, 0.25) is 0 Å². The van der Waals surface area contributed by atoms with Gasteiger partial charge in [-0.25, -0.2) is 0 Å². The highest BCUT2D eigenvalue weighted by molar-refractivity contribution is 7.10. The molecule has 1 fully saturated rings. The topological polar surface area (TPSA) is 67.6 Å². The van der Waals surface area contributed by atoms with Crippen LogP contribution in [-0.2, 0) is 24.2 Å². The van der Waals surface area contributed by atoms with E-state index in [1.807, 2.05) is 19.2 Å². The molecular formula is C19H25N3O3S. The lowest BCUT2D eigenvalue weighted by atomic mass is 10.0. The van der Waals surface area contributed by atoms with E-state index in [-0.39, 0.29) is 12.0 Å². The summed E-state index contributed by atoms with van der Waals surface area (Å²) in [6, 6.07) is 0.